The lowest BCUT2D eigenvalue weighted by Crippen LogP contribution is -2.57. The maximum Gasteiger partial charge on any atom is 0.337 e. The highest BCUT2D eigenvalue weighted by atomic mass is 16.5. The third kappa shape index (κ3) is 7.85. The van der Waals surface area contributed by atoms with Crippen LogP contribution in [-0.2, 0) is 16.0 Å². The van der Waals surface area contributed by atoms with Gasteiger partial charge in [-0.25, -0.2) is 4.79 Å². The first kappa shape index (κ1) is 24.6. The molecule has 1 aromatic rings. The number of nitrogens with two attached hydrogens (primary N) is 1. The van der Waals surface area contributed by atoms with Crippen molar-refractivity contribution in [3.63, 3.8) is 0 Å². The largest absolute Gasteiger partial charge is 0.493 e. The van der Waals surface area contributed by atoms with Crippen LogP contribution in [0.3, 0.4) is 0 Å². The number of carbonyl (C=O) groups is 1. The van der Waals surface area contributed by atoms with Crippen LogP contribution in [0.4, 0.5) is 0 Å². The first-order valence-corrected chi connectivity index (χ1v) is 11.3. The van der Waals surface area contributed by atoms with Crippen molar-refractivity contribution < 1.29 is 24.5 Å². The van der Waals surface area contributed by atoms with E-state index in [1.54, 1.807) is 18.3 Å². The summed E-state index contributed by atoms with van der Waals surface area (Å²) in [5.41, 5.74) is 4.31. The fraction of sp³-hybridized carbons (Fsp3) is 0.739. The number of nitrogens with zero attached hydrogens (tertiary/aromatic N) is 1. The summed E-state index contributed by atoms with van der Waals surface area (Å²) in [6.07, 6.45) is 11.6. The van der Waals surface area contributed by atoms with Crippen molar-refractivity contribution in [1.82, 2.24) is 4.98 Å². The second kappa shape index (κ2) is 12.9. The normalized spacial score (nSPS) is 28.2. The number of pyridine rings is 1. The summed E-state index contributed by atoms with van der Waals surface area (Å²) >= 11 is 0. The average molecular weight is 423 g/mol. The van der Waals surface area contributed by atoms with Crippen LogP contribution in [0, 0.1) is 5.92 Å². The maximum atomic E-state index is 11.8. The molecule has 1 unspecified atom stereocenters. The summed E-state index contributed by atoms with van der Waals surface area (Å²) in [6.45, 7) is 3.36. The Hall–Kier alpha value is -1.70. The van der Waals surface area contributed by atoms with Crippen molar-refractivity contribution in [3.8, 4) is 5.75 Å². The monoisotopic (exact) mass is 422 g/mol. The lowest BCUT2D eigenvalue weighted by Gasteiger charge is -2.29. The molecule has 4 N–H and O–H groups in total. The molecule has 0 amide bonds. The van der Waals surface area contributed by atoms with Crippen LogP contribution >= 0.6 is 0 Å². The number of carboxylic acids is 1. The second-order valence-corrected chi connectivity index (χ2v) is 8.39. The van der Waals surface area contributed by atoms with Crippen molar-refractivity contribution in [1.29, 1.82) is 0 Å². The quantitative estimate of drug-likeness (QED) is 0.669. The van der Waals surface area contributed by atoms with Gasteiger partial charge in [-0.05, 0) is 24.8 Å². The van der Waals surface area contributed by atoms with E-state index in [1.165, 1.54) is 32.1 Å². The zero-order valence-corrected chi connectivity index (χ0v) is 18.2. The zero-order valence-electron chi connectivity index (χ0n) is 18.2. The molecule has 0 aromatic carbocycles. The van der Waals surface area contributed by atoms with Crippen LogP contribution in [0.15, 0.2) is 18.3 Å². The highest BCUT2D eigenvalue weighted by Gasteiger charge is 2.43. The van der Waals surface area contributed by atoms with Crippen molar-refractivity contribution in [3.05, 3.63) is 24.0 Å². The Morgan fingerprint density at radius 3 is 2.63 bits per heavy atom. The Kier molecular flexibility index (Phi) is 10.5. The van der Waals surface area contributed by atoms with E-state index in [4.69, 9.17) is 15.2 Å². The Bertz CT molecular complexity index is 642. The molecular formula is C23H38N2O5. The molecule has 0 saturated carbocycles. The molecule has 0 radical (unpaired) electrons. The lowest BCUT2D eigenvalue weighted by molar-refractivity contribution is -0.162. The van der Waals surface area contributed by atoms with Gasteiger partial charge in [0, 0.05) is 31.0 Å². The number of carboxylic acid groups (broad SMARTS) is 1. The highest BCUT2D eigenvalue weighted by Crippen LogP contribution is 2.22. The molecule has 0 fully saturated rings. The minimum absolute atomic E-state index is 0.0177. The summed E-state index contributed by atoms with van der Waals surface area (Å²) in [6, 6.07) is 2.35. The zero-order chi connectivity index (χ0) is 21.8. The molecule has 7 heteroatoms. The van der Waals surface area contributed by atoms with Gasteiger partial charge in [0.1, 0.15) is 5.75 Å². The van der Waals surface area contributed by atoms with Crippen LogP contribution in [-0.4, -0.2) is 52.6 Å². The van der Waals surface area contributed by atoms with Crippen LogP contribution < -0.4 is 10.5 Å². The second-order valence-electron chi connectivity index (χ2n) is 8.39. The molecule has 1 aromatic heterocycles. The Labute approximate surface area is 180 Å². The molecule has 0 aliphatic carbocycles. The molecule has 1 aliphatic heterocycles. The SMILES string of the molecule is CCC1CCCCCCOc2ccnc(c2)C[C@](O)(C(=O)O)[C@@H](N)COCCCC1. The summed E-state index contributed by atoms with van der Waals surface area (Å²) in [7, 11) is 0. The highest BCUT2D eigenvalue weighted by molar-refractivity contribution is 5.78. The van der Waals surface area contributed by atoms with Gasteiger partial charge in [-0.15, -0.1) is 0 Å². The van der Waals surface area contributed by atoms with Gasteiger partial charge >= 0.3 is 5.97 Å². The summed E-state index contributed by atoms with van der Waals surface area (Å²) < 4.78 is 11.4. The van der Waals surface area contributed by atoms with Crippen molar-refractivity contribution in [2.24, 2.45) is 11.7 Å². The molecule has 2 rings (SSSR count). The van der Waals surface area contributed by atoms with Gasteiger partial charge in [0.05, 0.1) is 19.3 Å². The number of ether oxygens (including phenoxy) is 2. The maximum absolute atomic E-state index is 11.8. The third-order valence-corrected chi connectivity index (χ3v) is 6.02. The molecule has 30 heavy (non-hydrogen) atoms. The molecule has 1 aliphatic rings. The van der Waals surface area contributed by atoms with Gasteiger partial charge in [0.15, 0.2) is 5.60 Å². The number of hydrogen-bond acceptors (Lipinski definition) is 6. The summed E-state index contributed by atoms with van der Waals surface area (Å²) in [5, 5.41) is 20.4. The number of aliphatic carboxylic acids is 1. The molecule has 2 heterocycles. The van der Waals surface area contributed by atoms with E-state index in [9.17, 15) is 15.0 Å². The molecule has 7 nitrogen and oxygen atoms in total. The predicted molar refractivity (Wildman–Crippen MR) is 116 cm³/mol. The summed E-state index contributed by atoms with van der Waals surface area (Å²) in [5.74, 6) is -0.000827. The van der Waals surface area contributed by atoms with E-state index in [2.05, 4.69) is 11.9 Å². The van der Waals surface area contributed by atoms with Crippen molar-refractivity contribution in [2.75, 3.05) is 19.8 Å². The molecule has 3 atom stereocenters. The van der Waals surface area contributed by atoms with Crippen molar-refractivity contribution >= 4 is 5.97 Å². The van der Waals surface area contributed by atoms with Crippen LogP contribution in [0.2, 0.25) is 0 Å². The first-order valence-electron chi connectivity index (χ1n) is 11.3. The number of rotatable bonds is 2. The molecule has 0 saturated heterocycles. The number of aromatic nitrogens is 1. The third-order valence-electron chi connectivity index (χ3n) is 6.02. The summed E-state index contributed by atoms with van der Waals surface area (Å²) in [4.78, 5) is 16.0. The van der Waals surface area contributed by atoms with Crippen LogP contribution in [0.5, 0.6) is 5.75 Å². The Morgan fingerprint density at radius 2 is 1.90 bits per heavy atom. The molecule has 0 spiro atoms. The smallest absolute Gasteiger partial charge is 0.337 e. The molecular weight excluding hydrogens is 384 g/mol. The lowest BCUT2D eigenvalue weighted by atomic mass is 9.89. The van der Waals surface area contributed by atoms with E-state index >= 15 is 0 Å². The van der Waals surface area contributed by atoms with E-state index in [0.29, 0.717) is 24.7 Å². The van der Waals surface area contributed by atoms with Gasteiger partial charge in [-0.3, -0.25) is 4.98 Å². The fourth-order valence-corrected chi connectivity index (χ4v) is 3.90. The number of hydrogen-bond donors (Lipinski definition) is 3. The Balaban J connectivity index is 2.06. The van der Waals surface area contributed by atoms with E-state index < -0.39 is 17.6 Å². The van der Waals surface area contributed by atoms with Gasteiger partial charge in [-0.2, -0.15) is 0 Å². The fourth-order valence-electron chi connectivity index (χ4n) is 3.90. The Morgan fingerprint density at radius 1 is 1.20 bits per heavy atom. The van der Waals surface area contributed by atoms with E-state index in [-0.39, 0.29) is 13.0 Å². The topological polar surface area (TPSA) is 115 Å². The predicted octanol–water partition coefficient (Wildman–Crippen LogP) is 3.32. The van der Waals surface area contributed by atoms with Crippen molar-refractivity contribution in [2.45, 2.75) is 82.8 Å². The van der Waals surface area contributed by atoms with Gasteiger partial charge in [-0.1, -0.05) is 51.9 Å². The van der Waals surface area contributed by atoms with Gasteiger partial charge in [0.2, 0.25) is 0 Å². The minimum Gasteiger partial charge on any atom is -0.493 e. The van der Waals surface area contributed by atoms with Gasteiger partial charge < -0.3 is 25.4 Å². The van der Waals surface area contributed by atoms with E-state index in [1.807, 2.05) is 0 Å². The minimum atomic E-state index is -2.15. The van der Waals surface area contributed by atoms with Crippen LogP contribution in [0.1, 0.15) is 70.4 Å². The average Bonchev–Trinajstić information content (AvgIpc) is 2.73. The molecule has 2 bridgehead atoms. The van der Waals surface area contributed by atoms with Gasteiger partial charge in [0.25, 0.3) is 0 Å². The first-order chi connectivity index (χ1) is 14.5. The van der Waals surface area contributed by atoms with E-state index in [0.717, 1.165) is 31.6 Å². The number of aliphatic hydroxyl groups is 1. The van der Waals surface area contributed by atoms with Crippen LogP contribution in [0.25, 0.3) is 0 Å². The standard InChI is InChI=1S/C23H38N2O5/c1-2-18-9-5-3-4-7-14-30-20-11-12-25-19(15-20)16-23(28,22(26)27)21(24)17-29-13-8-6-10-18/h11-12,15,18,21,28H,2-10,13-14,16-17,24H2,1H3,(H,26,27)/t18?,21-,23+/m0/s1. The molecule has 170 valence electrons. The number of fused-ring (bicyclic) bond motifs is 2.